The van der Waals surface area contributed by atoms with Crippen molar-refractivity contribution < 1.29 is 9.84 Å². The van der Waals surface area contributed by atoms with Crippen LogP contribution in [0.3, 0.4) is 0 Å². The minimum Gasteiger partial charge on any atom is -0.494 e. The first kappa shape index (κ1) is 32.0. The second-order valence-corrected chi connectivity index (χ2v) is 13.4. The zero-order valence-electron chi connectivity index (χ0n) is 27.9. The fourth-order valence-electron chi connectivity index (χ4n) is 6.79. The number of nitrogens with zero attached hydrogens (tertiary/aromatic N) is 4. The number of aromatic nitrogens is 4. The van der Waals surface area contributed by atoms with Gasteiger partial charge in [0.1, 0.15) is 29.2 Å². The summed E-state index contributed by atoms with van der Waals surface area (Å²) in [6.45, 7) is 0.276. The van der Waals surface area contributed by atoms with Crippen LogP contribution in [0.15, 0.2) is 163 Å². The number of aryl methyl sites for hydroxylation is 1. The fraction of sp³-hybridized carbons (Fsp3) is 0.0930. The molecule has 3 heterocycles. The maximum absolute atomic E-state index is 14.1. The molecule has 0 atom stereocenters. The molecule has 0 unspecified atom stereocenters. The molecular weight excluding hydrogens is 653 g/mol. The minimum atomic E-state index is -1.09. The minimum absolute atomic E-state index is 0.0484. The van der Waals surface area contributed by atoms with Crippen LogP contribution >= 0.6 is 11.3 Å². The van der Waals surface area contributed by atoms with Gasteiger partial charge in [-0.2, -0.15) is 0 Å². The summed E-state index contributed by atoms with van der Waals surface area (Å²) in [4.78, 5) is 24.0. The van der Waals surface area contributed by atoms with Crippen LogP contribution in [0.1, 0.15) is 33.0 Å². The molecule has 0 aliphatic rings. The molecule has 0 bridgehead atoms. The molecule has 0 saturated heterocycles. The molecule has 7 nitrogen and oxygen atoms in total. The monoisotopic (exact) mass is 686 g/mol. The van der Waals surface area contributed by atoms with E-state index in [-0.39, 0.29) is 17.4 Å². The number of hydrogen-bond acceptors (Lipinski definition) is 6. The first-order valence-electron chi connectivity index (χ1n) is 16.7. The van der Waals surface area contributed by atoms with Gasteiger partial charge in [0, 0.05) is 19.0 Å². The van der Waals surface area contributed by atoms with E-state index in [1.807, 2.05) is 169 Å². The van der Waals surface area contributed by atoms with Crippen molar-refractivity contribution in [1.82, 2.24) is 19.1 Å². The van der Waals surface area contributed by atoms with Crippen LogP contribution in [0, 0.1) is 0 Å². The number of aromatic hydroxyl groups is 1. The number of fused-ring (bicyclic) bond motifs is 1. The highest BCUT2D eigenvalue weighted by atomic mass is 32.1. The Morgan fingerprint density at radius 3 is 1.80 bits per heavy atom. The molecule has 0 fully saturated rings. The first-order chi connectivity index (χ1) is 25.0. The van der Waals surface area contributed by atoms with E-state index in [0.29, 0.717) is 17.0 Å². The van der Waals surface area contributed by atoms with E-state index >= 15 is 0 Å². The number of thiazole rings is 1. The summed E-state index contributed by atoms with van der Waals surface area (Å²) in [6, 6.07) is 51.5. The molecule has 8 heteroatoms. The van der Waals surface area contributed by atoms with E-state index in [1.165, 1.54) is 0 Å². The standard InChI is InChI=1S/C43H34N4O3S/c1-46-39(44-37-27-26-36(45-40(37)46)31-14-6-2-7-15-31)29-50-35-24-22-30(23-25-35)28-38-41(48)47(42(49)51-38)43(32-16-8-3-9-17-32,33-18-10-4-11-19-33)34-20-12-5-13-21-34/h2-27,48H,28-29H2,1H3. The highest BCUT2D eigenvalue weighted by molar-refractivity contribution is 7.09. The molecule has 51 heavy (non-hydrogen) atoms. The van der Waals surface area contributed by atoms with Crippen LogP contribution in [0.4, 0.5) is 0 Å². The average Bonchev–Trinajstić information content (AvgIpc) is 3.66. The van der Waals surface area contributed by atoms with Gasteiger partial charge in [-0.25, -0.2) is 9.97 Å². The summed E-state index contributed by atoms with van der Waals surface area (Å²) in [5.41, 5.74) is 6.03. The summed E-state index contributed by atoms with van der Waals surface area (Å²) in [5, 5.41) is 12.0. The largest absolute Gasteiger partial charge is 0.494 e. The Kier molecular flexibility index (Phi) is 8.51. The van der Waals surface area contributed by atoms with E-state index < -0.39 is 5.54 Å². The quantitative estimate of drug-likeness (QED) is 0.146. The molecule has 0 saturated carbocycles. The number of imidazole rings is 1. The normalized spacial score (nSPS) is 11.5. The van der Waals surface area contributed by atoms with E-state index in [2.05, 4.69) is 0 Å². The molecule has 0 spiro atoms. The number of pyridine rings is 1. The molecular formula is C43H34N4O3S. The molecule has 1 N–H and O–H groups in total. The van der Waals surface area contributed by atoms with Crippen molar-refractivity contribution in [3.63, 3.8) is 0 Å². The van der Waals surface area contributed by atoms with Gasteiger partial charge >= 0.3 is 4.87 Å². The number of benzene rings is 5. The van der Waals surface area contributed by atoms with Crippen molar-refractivity contribution in [2.24, 2.45) is 7.05 Å². The van der Waals surface area contributed by atoms with Gasteiger partial charge in [0.05, 0.1) is 10.6 Å². The Morgan fingerprint density at radius 1 is 0.686 bits per heavy atom. The van der Waals surface area contributed by atoms with Crippen molar-refractivity contribution in [3.8, 4) is 22.9 Å². The van der Waals surface area contributed by atoms with Crippen molar-refractivity contribution >= 4 is 22.5 Å². The molecule has 3 aromatic heterocycles. The maximum Gasteiger partial charge on any atom is 0.311 e. The Morgan fingerprint density at radius 2 is 1.24 bits per heavy atom. The number of hydrogen-bond donors (Lipinski definition) is 1. The van der Waals surface area contributed by atoms with E-state index in [4.69, 9.17) is 14.7 Å². The summed E-state index contributed by atoms with van der Waals surface area (Å²) in [5.74, 6) is 1.41. The lowest BCUT2D eigenvalue weighted by molar-refractivity contribution is 0.292. The Bertz CT molecular complexity index is 2380. The smallest absolute Gasteiger partial charge is 0.311 e. The topological polar surface area (TPSA) is 82.2 Å². The summed E-state index contributed by atoms with van der Waals surface area (Å²) in [7, 11) is 1.95. The second-order valence-electron chi connectivity index (χ2n) is 12.4. The van der Waals surface area contributed by atoms with Gasteiger partial charge in [0.15, 0.2) is 5.65 Å². The van der Waals surface area contributed by atoms with Crippen molar-refractivity contribution in [3.05, 3.63) is 200 Å². The molecule has 0 aliphatic heterocycles. The third-order valence-electron chi connectivity index (χ3n) is 9.30. The van der Waals surface area contributed by atoms with Crippen LogP contribution in [0.5, 0.6) is 11.6 Å². The van der Waals surface area contributed by atoms with Gasteiger partial charge in [-0.15, -0.1) is 0 Å². The van der Waals surface area contributed by atoms with Gasteiger partial charge < -0.3 is 14.4 Å². The molecule has 8 aromatic rings. The van der Waals surface area contributed by atoms with Crippen LogP contribution in [-0.2, 0) is 25.6 Å². The third-order valence-corrected chi connectivity index (χ3v) is 10.2. The predicted molar refractivity (Wildman–Crippen MR) is 202 cm³/mol. The Balaban J connectivity index is 1.07. The third kappa shape index (κ3) is 5.89. The van der Waals surface area contributed by atoms with Crippen LogP contribution in [0.25, 0.3) is 22.4 Å². The van der Waals surface area contributed by atoms with Gasteiger partial charge in [0.2, 0.25) is 5.88 Å². The molecule has 250 valence electrons. The molecule has 5 aromatic carbocycles. The van der Waals surface area contributed by atoms with Gasteiger partial charge in [-0.1, -0.05) is 145 Å². The van der Waals surface area contributed by atoms with Crippen molar-refractivity contribution in [2.45, 2.75) is 18.6 Å². The van der Waals surface area contributed by atoms with E-state index in [1.54, 1.807) is 4.57 Å². The zero-order valence-corrected chi connectivity index (χ0v) is 28.7. The highest BCUT2D eigenvalue weighted by Crippen LogP contribution is 2.43. The summed E-state index contributed by atoms with van der Waals surface area (Å²) in [6.07, 6.45) is 0.383. The van der Waals surface area contributed by atoms with Gasteiger partial charge in [-0.05, 0) is 46.5 Å². The lowest BCUT2D eigenvalue weighted by Crippen LogP contribution is -2.42. The summed E-state index contributed by atoms with van der Waals surface area (Å²) < 4.78 is 9.67. The first-order valence-corrected chi connectivity index (χ1v) is 17.5. The molecule has 8 rings (SSSR count). The lowest BCUT2D eigenvalue weighted by Gasteiger charge is -2.37. The molecule has 0 radical (unpaired) electrons. The second kappa shape index (κ2) is 13.6. The number of rotatable bonds is 10. The highest BCUT2D eigenvalue weighted by Gasteiger charge is 2.42. The van der Waals surface area contributed by atoms with Gasteiger partial charge in [0.25, 0.3) is 0 Å². The predicted octanol–water partition coefficient (Wildman–Crippen LogP) is 8.57. The van der Waals surface area contributed by atoms with Crippen LogP contribution in [0.2, 0.25) is 0 Å². The van der Waals surface area contributed by atoms with E-state index in [0.717, 1.165) is 61.8 Å². The number of ether oxygens (including phenoxy) is 1. The molecule has 0 amide bonds. The van der Waals surface area contributed by atoms with Gasteiger partial charge in [-0.3, -0.25) is 9.36 Å². The van der Waals surface area contributed by atoms with E-state index in [9.17, 15) is 9.90 Å². The Labute approximate surface area is 299 Å². The lowest BCUT2D eigenvalue weighted by atomic mass is 9.76. The molecule has 0 aliphatic carbocycles. The summed E-state index contributed by atoms with van der Waals surface area (Å²) >= 11 is 1.07. The zero-order chi connectivity index (χ0) is 34.8. The fourth-order valence-corrected chi connectivity index (χ4v) is 7.74. The SMILES string of the molecule is Cn1c(COc2ccc(Cc3sc(=O)n(C(c4ccccc4)(c4ccccc4)c4ccccc4)c3O)cc2)nc2ccc(-c3ccccc3)nc21. The van der Waals surface area contributed by atoms with Crippen molar-refractivity contribution in [2.75, 3.05) is 0 Å². The van der Waals surface area contributed by atoms with Crippen LogP contribution in [-0.4, -0.2) is 24.2 Å². The Hall–Kier alpha value is -6.25. The van der Waals surface area contributed by atoms with Crippen LogP contribution < -0.4 is 9.61 Å². The average molecular weight is 687 g/mol. The van der Waals surface area contributed by atoms with Crippen molar-refractivity contribution in [1.29, 1.82) is 0 Å². The maximum atomic E-state index is 14.1.